The zero-order valence-corrected chi connectivity index (χ0v) is 14.6. The molecule has 0 bridgehead atoms. The molecule has 1 amide bonds. The molecule has 7 heteroatoms. The Labute approximate surface area is 149 Å². The number of nitrogens with zero attached hydrogens (tertiary/aromatic N) is 1. The first-order valence-electron chi connectivity index (χ1n) is 7.71. The minimum Gasteiger partial charge on any atom is -0.503 e. The van der Waals surface area contributed by atoms with E-state index in [0.717, 1.165) is 12.8 Å². The molecule has 1 fully saturated rings. The van der Waals surface area contributed by atoms with Crippen molar-refractivity contribution in [3.8, 4) is 0 Å². The van der Waals surface area contributed by atoms with Crippen molar-refractivity contribution < 1.29 is 19.4 Å². The van der Waals surface area contributed by atoms with Gasteiger partial charge in [0, 0.05) is 23.2 Å². The van der Waals surface area contributed by atoms with Crippen molar-refractivity contribution in [3.63, 3.8) is 0 Å². The molecule has 1 saturated heterocycles. The average Bonchev–Trinajstić information content (AvgIpc) is 3.10. The predicted octanol–water partition coefficient (Wildman–Crippen LogP) is 3.46. The average molecular weight is 370 g/mol. The van der Waals surface area contributed by atoms with Crippen molar-refractivity contribution in [1.82, 2.24) is 4.90 Å². The first-order chi connectivity index (χ1) is 11.4. The van der Waals surface area contributed by atoms with Gasteiger partial charge in [0.05, 0.1) is 17.7 Å². The summed E-state index contributed by atoms with van der Waals surface area (Å²) in [5.41, 5.74) is 0.615. The number of carbonyl (C=O) groups excluding carboxylic acids is 2. The number of aliphatic hydroxyl groups is 1. The highest BCUT2D eigenvalue weighted by Crippen LogP contribution is 2.41. The monoisotopic (exact) mass is 369 g/mol. The third-order valence-corrected chi connectivity index (χ3v) is 4.93. The Morgan fingerprint density at radius 2 is 2.17 bits per heavy atom. The summed E-state index contributed by atoms with van der Waals surface area (Å²) < 4.78 is 5.59. The normalized spacial score (nSPS) is 24.1. The van der Waals surface area contributed by atoms with Gasteiger partial charge in [0.2, 0.25) is 0 Å². The van der Waals surface area contributed by atoms with Crippen LogP contribution in [0, 0.1) is 0 Å². The predicted molar refractivity (Wildman–Crippen MR) is 90.2 cm³/mol. The van der Waals surface area contributed by atoms with Gasteiger partial charge in [-0.1, -0.05) is 29.3 Å². The number of rotatable bonds is 4. The quantitative estimate of drug-likeness (QED) is 0.882. The summed E-state index contributed by atoms with van der Waals surface area (Å²) in [6, 6.07) is 4.14. The molecular formula is C17H17Cl2NO4. The number of aliphatic hydroxyl groups excluding tert-OH is 1. The second-order valence-corrected chi connectivity index (χ2v) is 6.82. The lowest BCUT2D eigenvalue weighted by atomic mass is 9.96. The molecule has 1 aromatic rings. The van der Waals surface area contributed by atoms with Gasteiger partial charge < -0.3 is 14.7 Å². The molecule has 2 atom stereocenters. The van der Waals surface area contributed by atoms with Crippen LogP contribution in [0.15, 0.2) is 29.5 Å². The van der Waals surface area contributed by atoms with Crippen molar-refractivity contribution in [1.29, 1.82) is 0 Å². The maximum Gasteiger partial charge on any atom is 0.290 e. The van der Waals surface area contributed by atoms with Gasteiger partial charge in [-0.3, -0.25) is 9.59 Å². The number of ether oxygens (including phenoxy) is 1. The van der Waals surface area contributed by atoms with E-state index in [1.807, 2.05) is 0 Å². The number of Topliss-reactive ketones (excluding diaryl/α,β-unsaturated/α-hetero) is 1. The van der Waals surface area contributed by atoms with Crippen molar-refractivity contribution in [3.05, 3.63) is 45.1 Å². The number of hydrogen-bond donors (Lipinski definition) is 1. The lowest BCUT2D eigenvalue weighted by molar-refractivity contribution is -0.131. The highest BCUT2D eigenvalue weighted by Gasteiger charge is 2.44. The van der Waals surface area contributed by atoms with Gasteiger partial charge in [-0.25, -0.2) is 0 Å². The molecule has 5 nitrogen and oxygen atoms in total. The highest BCUT2D eigenvalue weighted by atomic mass is 35.5. The summed E-state index contributed by atoms with van der Waals surface area (Å²) in [6.07, 6.45) is 1.65. The van der Waals surface area contributed by atoms with Gasteiger partial charge in [0.25, 0.3) is 5.91 Å². The Kier molecular flexibility index (Phi) is 4.85. The Hall–Kier alpha value is -1.56. The zero-order valence-electron chi connectivity index (χ0n) is 13.1. The molecule has 0 radical (unpaired) electrons. The van der Waals surface area contributed by atoms with E-state index in [9.17, 15) is 14.7 Å². The summed E-state index contributed by atoms with van der Waals surface area (Å²) in [4.78, 5) is 26.0. The molecule has 0 aromatic heterocycles. The number of amides is 1. The number of hydrogen-bond acceptors (Lipinski definition) is 4. The number of benzene rings is 1. The van der Waals surface area contributed by atoms with Crippen molar-refractivity contribution >= 4 is 34.9 Å². The molecular weight excluding hydrogens is 353 g/mol. The fourth-order valence-electron chi connectivity index (χ4n) is 3.26. The lowest BCUT2D eigenvalue weighted by Crippen LogP contribution is -2.37. The van der Waals surface area contributed by atoms with E-state index >= 15 is 0 Å². The third kappa shape index (κ3) is 3.04. The number of halogens is 2. The molecule has 2 heterocycles. The van der Waals surface area contributed by atoms with E-state index in [2.05, 4.69) is 0 Å². The molecule has 2 aliphatic rings. The SMILES string of the molecule is CC(=O)C1=C(O)C(=O)N(C[C@H]2CCCO2)[C@@H]1c1ccc(Cl)cc1Cl. The molecule has 128 valence electrons. The van der Waals surface area contributed by atoms with Crippen LogP contribution in [0.4, 0.5) is 0 Å². The van der Waals surface area contributed by atoms with E-state index in [1.54, 1.807) is 18.2 Å². The Balaban J connectivity index is 2.03. The van der Waals surface area contributed by atoms with Crippen LogP contribution >= 0.6 is 23.2 Å². The molecule has 0 saturated carbocycles. The molecule has 3 rings (SSSR count). The molecule has 0 aliphatic carbocycles. The van der Waals surface area contributed by atoms with Gasteiger partial charge in [0.15, 0.2) is 11.5 Å². The van der Waals surface area contributed by atoms with E-state index in [-0.39, 0.29) is 17.5 Å². The molecule has 24 heavy (non-hydrogen) atoms. The second kappa shape index (κ2) is 6.75. The molecule has 2 aliphatic heterocycles. The summed E-state index contributed by atoms with van der Waals surface area (Å²) >= 11 is 12.2. The summed E-state index contributed by atoms with van der Waals surface area (Å²) in [5, 5.41) is 11.0. The minimum atomic E-state index is -0.732. The van der Waals surface area contributed by atoms with Crippen LogP contribution in [0.3, 0.4) is 0 Å². The van der Waals surface area contributed by atoms with Crippen molar-refractivity contribution in [2.45, 2.75) is 31.9 Å². The summed E-state index contributed by atoms with van der Waals surface area (Å²) in [5.74, 6) is -1.46. The Morgan fingerprint density at radius 3 is 2.75 bits per heavy atom. The van der Waals surface area contributed by atoms with Crippen LogP contribution in [0.2, 0.25) is 10.0 Å². The van der Waals surface area contributed by atoms with Crippen LogP contribution in [-0.4, -0.2) is 41.0 Å². The number of carbonyl (C=O) groups is 2. The largest absolute Gasteiger partial charge is 0.503 e. The third-order valence-electron chi connectivity index (χ3n) is 4.36. The highest BCUT2D eigenvalue weighted by molar-refractivity contribution is 6.35. The van der Waals surface area contributed by atoms with Gasteiger partial charge in [0.1, 0.15) is 0 Å². The van der Waals surface area contributed by atoms with Gasteiger partial charge in [-0.15, -0.1) is 0 Å². The van der Waals surface area contributed by atoms with Crippen LogP contribution in [-0.2, 0) is 14.3 Å². The van der Waals surface area contributed by atoms with Crippen molar-refractivity contribution in [2.75, 3.05) is 13.2 Å². The van der Waals surface area contributed by atoms with Crippen LogP contribution < -0.4 is 0 Å². The fourth-order valence-corrected chi connectivity index (χ4v) is 3.77. The smallest absolute Gasteiger partial charge is 0.290 e. The van der Waals surface area contributed by atoms with Crippen LogP contribution in [0.1, 0.15) is 31.4 Å². The van der Waals surface area contributed by atoms with E-state index in [1.165, 1.54) is 11.8 Å². The zero-order chi connectivity index (χ0) is 17.4. The fraction of sp³-hybridized carbons (Fsp3) is 0.412. The summed E-state index contributed by atoms with van der Waals surface area (Å²) in [7, 11) is 0. The van der Waals surface area contributed by atoms with E-state index in [0.29, 0.717) is 28.8 Å². The molecule has 0 spiro atoms. The summed E-state index contributed by atoms with van der Waals surface area (Å²) in [6.45, 7) is 2.27. The van der Waals surface area contributed by atoms with Crippen molar-refractivity contribution in [2.24, 2.45) is 0 Å². The first kappa shape index (κ1) is 17.3. The number of ketones is 1. The molecule has 1 N–H and O–H groups in total. The van der Waals surface area contributed by atoms with Crippen LogP contribution in [0.25, 0.3) is 0 Å². The second-order valence-electron chi connectivity index (χ2n) is 5.98. The van der Waals surface area contributed by atoms with Crippen LogP contribution in [0.5, 0.6) is 0 Å². The maximum absolute atomic E-state index is 12.5. The van der Waals surface area contributed by atoms with Gasteiger partial charge in [-0.2, -0.15) is 0 Å². The lowest BCUT2D eigenvalue weighted by Gasteiger charge is -2.29. The molecule has 0 unspecified atom stereocenters. The van der Waals surface area contributed by atoms with E-state index in [4.69, 9.17) is 27.9 Å². The Bertz CT molecular complexity index is 725. The first-order valence-corrected chi connectivity index (χ1v) is 8.47. The minimum absolute atomic E-state index is 0.0576. The van der Waals surface area contributed by atoms with E-state index < -0.39 is 17.7 Å². The topological polar surface area (TPSA) is 66.8 Å². The maximum atomic E-state index is 12.5. The Morgan fingerprint density at radius 1 is 1.42 bits per heavy atom. The standard InChI is InChI=1S/C17H17Cl2NO4/c1-9(21)14-15(12-5-4-10(18)7-13(12)19)20(17(23)16(14)22)8-11-3-2-6-24-11/h4-5,7,11,15,22H,2-3,6,8H2,1H3/t11-,15-/m1/s1. The van der Waals surface area contributed by atoms with Gasteiger partial charge >= 0.3 is 0 Å². The molecule has 1 aromatic carbocycles. The van der Waals surface area contributed by atoms with Gasteiger partial charge in [-0.05, 0) is 37.5 Å².